The van der Waals surface area contributed by atoms with Gasteiger partial charge in [-0.2, -0.15) is 0 Å². The predicted molar refractivity (Wildman–Crippen MR) is 99.2 cm³/mol. The van der Waals surface area contributed by atoms with Crippen molar-refractivity contribution in [2.75, 3.05) is 5.32 Å². The van der Waals surface area contributed by atoms with Gasteiger partial charge >= 0.3 is 6.09 Å². The highest BCUT2D eigenvalue weighted by Crippen LogP contribution is 2.35. The maximum Gasteiger partial charge on any atom is 0.411 e. The molecule has 0 saturated heterocycles. The average Bonchev–Trinajstić information content (AvgIpc) is 2.55. The first-order valence-corrected chi connectivity index (χ1v) is 9.00. The number of anilines is 1. The lowest BCUT2D eigenvalue weighted by Gasteiger charge is -2.36. The van der Waals surface area contributed by atoms with Crippen LogP contribution in [0.2, 0.25) is 0 Å². The van der Waals surface area contributed by atoms with Crippen LogP contribution >= 0.6 is 0 Å². The van der Waals surface area contributed by atoms with Crippen LogP contribution in [-0.4, -0.2) is 12.2 Å². The lowest BCUT2D eigenvalue weighted by atomic mass is 9.75. The first-order chi connectivity index (χ1) is 11.5. The Morgan fingerprint density at radius 2 is 1.88 bits per heavy atom. The van der Waals surface area contributed by atoms with Crippen LogP contribution < -0.4 is 5.32 Å². The second kappa shape index (κ2) is 7.25. The molecular formula is C21H27NO2. The predicted octanol–water partition coefficient (Wildman–Crippen LogP) is 5.85. The van der Waals surface area contributed by atoms with Crippen molar-refractivity contribution in [3.8, 4) is 0 Å². The van der Waals surface area contributed by atoms with E-state index < -0.39 is 0 Å². The summed E-state index contributed by atoms with van der Waals surface area (Å²) in [5.41, 5.74) is 0.808. The maximum atomic E-state index is 12.5. The Morgan fingerprint density at radius 1 is 1.12 bits per heavy atom. The minimum absolute atomic E-state index is 0.0173. The summed E-state index contributed by atoms with van der Waals surface area (Å²) in [6.45, 7) is 6.69. The molecule has 1 N–H and O–H groups in total. The third-order valence-electron chi connectivity index (χ3n) is 5.25. The second-order valence-electron chi connectivity index (χ2n) is 7.42. The van der Waals surface area contributed by atoms with Gasteiger partial charge in [0.25, 0.3) is 0 Å². The molecule has 3 heteroatoms. The number of ether oxygens (including phenoxy) is 1. The van der Waals surface area contributed by atoms with Crippen LogP contribution in [0.25, 0.3) is 10.8 Å². The van der Waals surface area contributed by atoms with Crippen molar-refractivity contribution < 1.29 is 9.53 Å². The van der Waals surface area contributed by atoms with Crippen molar-refractivity contribution in [1.82, 2.24) is 0 Å². The van der Waals surface area contributed by atoms with E-state index in [1.54, 1.807) is 0 Å². The Balaban J connectivity index is 1.72. The summed E-state index contributed by atoms with van der Waals surface area (Å²) in [7, 11) is 0. The van der Waals surface area contributed by atoms with E-state index in [-0.39, 0.29) is 12.2 Å². The van der Waals surface area contributed by atoms with Gasteiger partial charge in [-0.25, -0.2) is 4.79 Å². The van der Waals surface area contributed by atoms with Crippen LogP contribution in [0.3, 0.4) is 0 Å². The highest BCUT2D eigenvalue weighted by Gasteiger charge is 2.33. The van der Waals surface area contributed by atoms with Crippen molar-refractivity contribution in [2.45, 2.75) is 46.1 Å². The molecule has 0 spiro atoms. The van der Waals surface area contributed by atoms with Gasteiger partial charge in [-0.1, -0.05) is 63.6 Å². The topological polar surface area (TPSA) is 38.3 Å². The summed E-state index contributed by atoms with van der Waals surface area (Å²) in [5.74, 6) is 1.61. The smallest absolute Gasteiger partial charge is 0.411 e. The fourth-order valence-electron chi connectivity index (χ4n) is 3.86. The van der Waals surface area contributed by atoms with E-state index in [1.165, 1.54) is 6.42 Å². The Bertz CT molecular complexity index is 705. The average molecular weight is 325 g/mol. The maximum absolute atomic E-state index is 12.5. The monoisotopic (exact) mass is 325 g/mol. The molecule has 3 rings (SSSR count). The van der Waals surface area contributed by atoms with Gasteiger partial charge < -0.3 is 4.74 Å². The van der Waals surface area contributed by atoms with Crippen molar-refractivity contribution >= 4 is 22.6 Å². The van der Waals surface area contributed by atoms with E-state index in [0.717, 1.165) is 29.3 Å². The van der Waals surface area contributed by atoms with E-state index >= 15 is 0 Å². The Hall–Kier alpha value is -2.03. The molecule has 2 aromatic rings. The van der Waals surface area contributed by atoms with Crippen molar-refractivity contribution in [3.05, 3.63) is 42.5 Å². The molecule has 0 aromatic heterocycles. The van der Waals surface area contributed by atoms with Gasteiger partial charge in [0.1, 0.15) is 6.10 Å². The van der Waals surface area contributed by atoms with E-state index in [2.05, 4.69) is 26.1 Å². The molecule has 0 bridgehead atoms. The molecule has 1 amide bonds. The molecule has 24 heavy (non-hydrogen) atoms. The quantitative estimate of drug-likeness (QED) is 0.768. The van der Waals surface area contributed by atoms with E-state index in [9.17, 15) is 4.79 Å². The third-order valence-corrected chi connectivity index (χ3v) is 5.25. The van der Waals surface area contributed by atoms with Gasteiger partial charge in [0.2, 0.25) is 0 Å². The van der Waals surface area contributed by atoms with Crippen LogP contribution in [0.15, 0.2) is 42.5 Å². The molecule has 128 valence electrons. The zero-order chi connectivity index (χ0) is 17.1. The number of carbonyl (C=O) groups excluding carboxylic acids is 1. The molecule has 1 aliphatic rings. The Morgan fingerprint density at radius 3 is 2.67 bits per heavy atom. The summed E-state index contributed by atoms with van der Waals surface area (Å²) in [6, 6.07) is 14.0. The largest absolute Gasteiger partial charge is 0.446 e. The van der Waals surface area contributed by atoms with Gasteiger partial charge in [0.15, 0.2) is 0 Å². The highest BCUT2D eigenvalue weighted by atomic mass is 16.6. The van der Waals surface area contributed by atoms with Crippen LogP contribution in [0.4, 0.5) is 10.5 Å². The molecule has 0 heterocycles. The Labute approximate surface area is 144 Å². The number of hydrogen-bond donors (Lipinski definition) is 1. The molecule has 0 radical (unpaired) electrons. The summed E-state index contributed by atoms with van der Waals surface area (Å²) in [4.78, 5) is 12.5. The number of fused-ring (bicyclic) bond motifs is 1. The van der Waals surface area contributed by atoms with Crippen LogP contribution in [0.1, 0.15) is 40.0 Å². The summed E-state index contributed by atoms with van der Waals surface area (Å²) >= 11 is 0. The van der Waals surface area contributed by atoms with Crippen LogP contribution in [0.5, 0.6) is 0 Å². The minimum atomic E-state index is -0.337. The number of hydrogen-bond acceptors (Lipinski definition) is 2. The zero-order valence-corrected chi connectivity index (χ0v) is 14.8. The summed E-state index contributed by atoms with van der Waals surface area (Å²) < 4.78 is 5.84. The molecule has 0 unspecified atom stereocenters. The number of amides is 1. The highest BCUT2D eigenvalue weighted by molar-refractivity contribution is 6.00. The van der Waals surface area contributed by atoms with Crippen molar-refractivity contribution in [2.24, 2.45) is 17.8 Å². The Kier molecular flexibility index (Phi) is 5.08. The third kappa shape index (κ3) is 3.72. The van der Waals surface area contributed by atoms with Gasteiger partial charge in [0, 0.05) is 5.39 Å². The number of nitrogens with one attached hydrogen (secondary N) is 1. The SMILES string of the molecule is CC(C)[C@H]1CC[C@H](C)C[C@@H]1OC(=O)Nc1cccc2ccccc12. The van der Waals surface area contributed by atoms with Gasteiger partial charge in [-0.15, -0.1) is 0 Å². The molecular weight excluding hydrogens is 298 g/mol. The molecule has 1 aliphatic carbocycles. The van der Waals surface area contributed by atoms with E-state index in [1.807, 2.05) is 42.5 Å². The van der Waals surface area contributed by atoms with Crippen LogP contribution in [-0.2, 0) is 4.74 Å². The molecule has 0 aliphatic heterocycles. The minimum Gasteiger partial charge on any atom is -0.446 e. The fourth-order valence-corrected chi connectivity index (χ4v) is 3.86. The number of benzene rings is 2. The van der Waals surface area contributed by atoms with Gasteiger partial charge in [-0.3, -0.25) is 5.32 Å². The summed E-state index contributed by atoms with van der Waals surface area (Å²) in [6.07, 6.45) is 3.02. The molecule has 2 aromatic carbocycles. The lowest BCUT2D eigenvalue weighted by molar-refractivity contribution is 0.0126. The van der Waals surface area contributed by atoms with Crippen molar-refractivity contribution in [1.29, 1.82) is 0 Å². The first kappa shape index (κ1) is 16.8. The standard InChI is InChI=1S/C21H27NO2/c1-14(2)17-12-11-15(3)13-20(17)24-21(23)22-19-10-6-8-16-7-4-5-9-18(16)19/h4-10,14-15,17,20H,11-13H2,1-3H3,(H,22,23)/t15-,17+,20-/m0/s1. The molecule has 3 atom stereocenters. The molecule has 1 fully saturated rings. The number of carbonyl (C=O) groups is 1. The van der Waals surface area contributed by atoms with Gasteiger partial charge in [-0.05, 0) is 42.0 Å². The normalized spacial score (nSPS) is 24.1. The van der Waals surface area contributed by atoms with E-state index in [4.69, 9.17) is 4.74 Å². The molecule has 3 nitrogen and oxygen atoms in total. The number of rotatable bonds is 3. The summed E-state index contributed by atoms with van der Waals surface area (Å²) in [5, 5.41) is 5.09. The van der Waals surface area contributed by atoms with Crippen molar-refractivity contribution in [3.63, 3.8) is 0 Å². The zero-order valence-electron chi connectivity index (χ0n) is 14.8. The first-order valence-electron chi connectivity index (χ1n) is 9.00. The van der Waals surface area contributed by atoms with E-state index in [0.29, 0.717) is 17.8 Å². The lowest BCUT2D eigenvalue weighted by Crippen LogP contribution is -2.36. The fraction of sp³-hybridized carbons (Fsp3) is 0.476. The second-order valence-corrected chi connectivity index (χ2v) is 7.42. The molecule has 1 saturated carbocycles. The van der Waals surface area contributed by atoms with Crippen LogP contribution in [0, 0.1) is 17.8 Å². The van der Waals surface area contributed by atoms with Gasteiger partial charge in [0.05, 0.1) is 5.69 Å².